The zero-order valence-electron chi connectivity index (χ0n) is 4.69. The number of hydrogen-bond donors (Lipinski definition) is 1. The monoisotopic (exact) mass is 126 g/mol. The highest BCUT2D eigenvalue weighted by molar-refractivity contribution is 4.86. The zero-order valence-corrected chi connectivity index (χ0v) is 4.69. The Morgan fingerprint density at radius 2 is 2.56 bits per heavy atom. The molecule has 0 aliphatic carbocycles. The van der Waals surface area contributed by atoms with E-state index < -0.39 is 0 Å². The lowest BCUT2D eigenvalue weighted by molar-refractivity contribution is -0.606. The summed E-state index contributed by atoms with van der Waals surface area (Å²) in [5.74, 6) is 0. The van der Waals surface area contributed by atoms with Gasteiger partial charge in [0.1, 0.15) is 5.69 Å². The molecule has 0 fully saturated rings. The molecule has 4 nitrogen and oxygen atoms in total. The van der Waals surface area contributed by atoms with Gasteiger partial charge in [-0.3, -0.25) is 0 Å². The van der Waals surface area contributed by atoms with Crippen LogP contribution in [-0.4, -0.2) is 10.1 Å². The predicted octanol–water partition coefficient (Wildman–Crippen LogP) is -0.793. The lowest BCUT2D eigenvalue weighted by Crippen LogP contribution is -2.25. The van der Waals surface area contributed by atoms with Crippen molar-refractivity contribution in [2.45, 2.75) is 6.61 Å². The second-order valence-electron chi connectivity index (χ2n) is 1.57. The van der Waals surface area contributed by atoms with Crippen LogP contribution in [0.1, 0.15) is 5.69 Å². The van der Waals surface area contributed by atoms with E-state index in [1.165, 1.54) is 18.6 Å². The van der Waals surface area contributed by atoms with E-state index in [4.69, 9.17) is 5.11 Å². The molecule has 0 unspecified atom stereocenters. The van der Waals surface area contributed by atoms with Gasteiger partial charge in [-0.1, -0.05) is 0 Å². The summed E-state index contributed by atoms with van der Waals surface area (Å²) < 4.78 is 0.596. The molecular formula is C5H6N2O2. The summed E-state index contributed by atoms with van der Waals surface area (Å²) in [4.78, 5) is 3.69. The van der Waals surface area contributed by atoms with Crippen molar-refractivity contribution in [3.8, 4) is 0 Å². The number of nitrogens with zero attached hydrogens (tertiary/aromatic N) is 2. The van der Waals surface area contributed by atoms with E-state index in [9.17, 15) is 5.21 Å². The van der Waals surface area contributed by atoms with Gasteiger partial charge in [-0.2, -0.15) is 4.73 Å². The van der Waals surface area contributed by atoms with Crippen LogP contribution in [0.15, 0.2) is 18.6 Å². The topological polar surface area (TPSA) is 60.1 Å². The quantitative estimate of drug-likeness (QED) is 0.396. The molecule has 0 saturated heterocycles. The van der Waals surface area contributed by atoms with Crippen molar-refractivity contribution in [2.75, 3.05) is 0 Å². The van der Waals surface area contributed by atoms with Gasteiger partial charge in [-0.15, -0.1) is 0 Å². The number of hydrogen-bond acceptors (Lipinski definition) is 3. The van der Waals surface area contributed by atoms with Gasteiger partial charge in [0.15, 0.2) is 6.20 Å². The van der Waals surface area contributed by atoms with Crippen molar-refractivity contribution in [2.24, 2.45) is 0 Å². The fourth-order valence-electron chi connectivity index (χ4n) is 0.500. The maximum absolute atomic E-state index is 10.4. The fourth-order valence-corrected chi connectivity index (χ4v) is 0.500. The molecule has 0 aliphatic rings. The zero-order chi connectivity index (χ0) is 6.69. The van der Waals surface area contributed by atoms with Crippen molar-refractivity contribution in [1.29, 1.82) is 0 Å². The number of aromatic nitrogens is 2. The van der Waals surface area contributed by atoms with Crippen LogP contribution in [0.25, 0.3) is 0 Å². The molecule has 1 aromatic rings. The Labute approximate surface area is 52.0 Å². The predicted molar refractivity (Wildman–Crippen MR) is 29.1 cm³/mol. The Morgan fingerprint density at radius 1 is 1.78 bits per heavy atom. The van der Waals surface area contributed by atoms with E-state index in [1.54, 1.807) is 0 Å². The van der Waals surface area contributed by atoms with E-state index in [0.29, 0.717) is 10.4 Å². The first-order chi connectivity index (χ1) is 4.33. The Hall–Kier alpha value is -1.16. The smallest absolute Gasteiger partial charge is 0.204 e. The maximum Gasteiger partial charge on any atom is 0.204 e. The van der Waals surface area contributed by atoms with Crippen LogP contribution in [0.4, 0.5) is 0 Å². The summed E-state index contributed by atoms with van der Waals surface area (Å²) in [5, 5.41) is 18.9. The third kappa shape index (κ3) is 1.36. The summed E-state index contributed by atoms with van der Waals surface area (Å²) in [7, 11) is 0. The highest BCUT2D eigenvalue weighted by Gasteiger charge is 1.93. The molecule has 0 amide bonds. The highest BCUT2D eigenvalue weighted by Crippen LogP contribution is 1.84. The fraction of sp³-hybridized carbons (Fsp3) is 0.200. The third-order valence-corrected chi connectivity index (χ3v) is 0.892. The van der Waals surface area contributed by atoms with Crippen molar-refractivity contribution >= 4 is 0 Å². The van der Waals surface area contributed by atoms with Gasteiger partial charge in [-0.05, 0) is 0 Å². The molecule has 0 radical (unpaired) electrons. The van der Waals surface area contributed by atoms with Crippen molar-refractivity contribution < 1.29 is 9.84 Å². The van der Waals surface area contributed by atoms with Gasteiger partial charge in [0.05, 0.1) is 12.8 Å². The summed E-state index contributed by atoms with van der Waals surface area (Å²) in [6.07, 6.45) is 3.83. The van der Waals surface area contributed by atoms with Crippen LogP contribution in [-0.2, 0) is 6.61 Å². The van der Waals surface area contributed by atoms with Crippen LogP contribution >= 0.6 is 0 Å². The third-order valence-electron chi connectivity index (χ3n) is 0.892. The van der Waals surface area contributed by atoms with Crippen molar-refractivity contribution in [1.82, 2.24) is 4.98 Å². The van der Waals surface area contributed by atoms with E-state index in [1.807, 2.05) is 0 Å². The molecule has 0 saturated carbocycles. The molecule has 0 aliphatic heterocycles. The first-order valence-electron chi connectivity index (χ1n) is 2.47. The molecule has 1 rings (SSSR count). The molecule has 0 atom stereocenters. The molecule has 0 aromatic carbocycles. The summed E-state index contributed by atoms with van der Waals surface area (Å²) >= 11 is 0. The minimum atomic E-state index is -0.191. The summed E-state index contributed by atoms with van der Waals surface area (Å²) in [6, 6.07) is 0. The largest absolute Gasteiger partial charge is 0.619 e. The standard InChI is InChI=1S/C5H6N2O2/c8-4-5-3-7(9)2-1-6-5/h1-3,8H,4H2. The van der Waals surface area contributed by atoms with Gasteiger partial charge < -0.3 is 10.3 Å². The first kappa shape index (κ1) is 5.97. The molecule has 0 spiro atoms. The lowest BCUT2D eigenvalue weighted by atomic mass is 10.5. The average molecular weight is 126 g/mol. The van der Waals surface area contributed by atoms with Crippen LogP contribution < -0.4 is 4.73 Å². The van der Waals surface area contributed by atoms with Crippen LogP contribution in [0, 0.1) is 5.21 Å². The summed E-state index contributed by atoms with van der Waals surface area (Å²) in [6.45, 7) is -0.191. The van der Waals surface area contributed by atoms with Crippen molar-refractivity contribution in [3.63, 3.8) is 0 Å². The van der Waals surface area contributed by atoms with Crippen LogP contribution in [0.3, 0.4) is 0 Å². The molecule has 0 bridgehead atoms. The maximum atomic E-state index is 10.4. The molecule has 1 aromatic heterocycles. The Balaban J connectivity index is 2.94. The highest BCUT2D eigenvalue weighted by atomic mass is 16.5. The number of rotatable bonds is 1. The summed E-state index contributed by atoms with van der Waals surface area (Å²) in [5.41, 5.74) is 0.382. The molecular weight excluding hydrogens is 120 g/mol. The minimum Gasteiger partial charge on any atom is -0.619 e. The minimum absolute atomic E-state index is 0.191. The van der Waals surface area contributed by atoms with Crippen LogP contribution in [0.5, 0.6) is 0 Å². The average Bonchev–Trinajstić information content (AvgIpc) is 1.88. The number of aliphatic hydroxyl groups is 1. The van der Waals surface area contributed by atoms with E-state index >= 15 is 0 Å². The molecule has 1 N–H and O–H groups in total. The van der Waals surface area contributed by atoms with Gasteiger partial charge in [0, 0.05) is 0 Å². The second kappa shape index (κ2) is 2.41. The molecule has 1 heterocycles. The van der Waals surface area contributed by atoms with Gasteiger partial charge in [0.2, 0.25) is 6.20 Å². The van der Waals surface area contributed by atoms with Gasteiger partial charge in [-0.25, -0.2) is 4.98 Å². The first-order valence-corrected chi connectivity index (χ1v) is 2.47. The molecule has 9 heavy (non-hydrogen) atoms. The van der Waals surface area contributed by atoms with Gasteiger partial charge in [0.25, 0.3) is 0 Å². The van der Waals surface area contributed by atoms with Crippen LogP contribution in [0.2, 0.25) is 0 Å². The normalized spacial score (nSPS) is 9.44. The van der Waals surface area contributed by atoms with E-state index in [0.717, 1.165) is 0 Å². The molecule has 4 heteroatoms. The van der Waals surface area contributed by atoms with Crippen molar-refractivity contribution in [3.05, 3.63) is 29.5 Å². The number of aliphatic hydroxyl groups excluding tert-OH is 1. The molecule has 48 valence electrons. The van der Waals surface area contributed by atoms with E-state index in [2.05, 4.69) is 4.98 Å². The Morgan fingerprint density at radius 3 is 3.00 bits per heavy atom. The Bertz CT molecular complexity index is 202. The SMILES string of the molecule is [O-][n+]1ccnc(CO)c1. The second-order valence-corrected chi connectivity index (χ2v) is 1.57. The van der Waals surface area contributed by atoms with Gasteiger partial charge >= 0.3 is 0 Å². The Kier molecular flexibility index (Phi) is 1.60. The van der Waals surface area contributed by atoms with E-state index in [-0.39, 0.29) is 6.61 Å². The lowest BCUT2D eigenvalue weighted by Gasteiger charge is -1.94.